The van der Waals surface area contributed by atoms with Gasteiger partial charge in [0.2, 0.25) is 0 Å². The number of anilines is 1. The van der Waals surface area contributed by atoms with Gasteiger partial charge in [-0.1, -0.05) is 12.1 Å². The highest BCUT2D eigenvalue weighted by molar-refractivity contribution is 5.46. The second-order valence-electron chi connectivity index (χ2n) is 4.66. The van der Waals surface area contributed by atoms with Crippen LogP contribution in [-0.4, -0.2) is 33.9 Å². The first kappa shape index (κ1) is 14.0. The highest BCUT2D eigenvalue weighted by atomic mass is 16.5. The number of ether oxygens (including phenoxy) is 1. The molecule has 0 saturated heterocycles. The Balaban J connectivity index is 2.54. The van der Waals surface area contributed by atoms with E-state index in [1.165, 1.54) is 11.3 Å². The van der Waals surface area contributed by atoms with Crippen LogP contribution < -0.4 is 10.2 Å². The summed E-state index contributed by atoms with van der Waals surface area (Å²) in [6.45, 7) is 5.11. The summed E-state index contributed by atoms with van der Waals surface area (Å²) in [6.07, 6.45) is 0.249. The van der Waals surface area contributed by atoms with Crippen molar-refractivity contribution >= 4 is 5.69 Å². The Morgan fingerprint density at radius 2 is 1.76 bits per heavy atom. The van der Waals surface area contributed by atoms with E-state index in [0.29, 0.717) is 6.04 Å². The molecule has 3 nitrogen and oxygen atoms in total. The van der Waals surface area contributed by atoms with Gasteiger partial charge in [0.25, 0.3) is 0 Å². The molecule has 0 saturated carbocycles. The summed E-state index contributed by atoms with van der Waals surface area (Å²) in [6, 6.07) is 8.99. The van der Waals surface area contributed by atoms with Gasteiger partial charge in [-0.15, -0.1) is 0 Å². The number of hydrogen-bond donors (Lipinski definition) is 1. The highest BCUT2D eigenvalue weighted by Crippen LogP contribution is 2.17. The van der Waals surface area contributed by atoms with Crippen molar-refractivity contribution in [2.24, 2.45) is 0 Å². The lowest BCUT2D eigenvalue weighted by molar-refractivity contribution is 0.115. The van der Waals surface area contributed by atoms with Crippen LogP contribution in [0, 0.1) is 0 Å². The van der Waals surface area contributed by atoms with E-state index in [-0.39, 0.29) is 6.10 Å². The Morgan fingerprint density at radius 3 is 2.24 bits per heavy atom. The maximum Gasteiger partial charge on any atom is 0.0667 e. The molecule has 3 heteroatoms. The van der Waals surface area contributed by atoms with Crippen molar-refractivity contribution in [2.75, 3.05) is 32.6 Å². The molecule has 0 amide bonds. The fraction of sp³-hybridized carbons (Fsp3) is 0.571. The van der Waals surface area contributed by atoms with Crippen LogP contribution in [0.15, 0.2) is 24.3 Å². The van der Waals surface area contributed by atoms with Crippen molar-refractivity contribution in [2.45, 2.75) is 26.0 Å². The minimum absolute atomic E-state index is 0.249. The van der Waals surface area contributed by atoms with E-state index in [4.69, 9.17) is 4.74 Å². The number of methoxy groups -OCH3 is 1. The summed E-state index contributed by atoms with van der Waals surface area (Å²) in [5, 5.41) is 3.46. The zero-order valence-electron chi connectivity index (χ0n) is 11.5. The zero-order chi connectivity index (χ0) is 12.8. The molecule has 0 aromatic heterocycles. The number of hydrogen-bond acceptors (Lipinski definition) is 3. The fourth-order valence-corrected chi connectivity index (χ4v) is 1.61. The lowest BCUT2D eigenvalue weighted by atomic mass is 10.1. The van der Waals surface area contributed by atoms with Gasteiger partial charge >= 0.3 is 0 Å². The van der Waals surface area contributed by atoms with E-state index in [0.717, 1.165) is 6.54 Å². The third-order valence-electron chi connectivity index (χ3n) is 3.02. The highest BCUT2D eigenvalue weighted by Gasteiger charge is 2.07. The van der Waals surface area contributed by atoms with Crippen LogP contribution in [0.3, 0.4) is 0 Å². The first-order valence-electron chi connectivity index (χ1n) is 6.08. The standard InChI is InChI=1S/C14H24N2O/c1-11(17-5)10-15-12(2)13-6-8-14(9-7-13)16(3)4/h6-9,11-12,15H,10H2,1-5H3. The summed E-state index contributed by atoms with van der Waals surface area (Å²) in [5.41, 5.74) is 2.53. The average molecular weight is 236 g/mol. The number of rotatable bonds is 6. The molecule has 0 heterocycles. The fourth-order valence-electron chi connectivity index (χ4n) is 1.61. The van der Waals surface area contributed by atoms with Crippen LogP contribution in [0.2, 0.25) is 0 Å². The van der Waals surface area contributed by atoms with Crippen LogP contribution in [0.1, 0.15) is 25.5 Å². The minimum atomic E-state index is 0.249. The van der Waals surface area contributed by atoms with E-state index in [1.807, 2.05) is 0 Å². The molecule has 1 aromatic rings. The monoisotopic (exact) mass is 236 g/mol. The quantitative estimate of drug-likeness (QED) is 0.821. The summed E-state index contributed by atoms with van der Waals surface area (Å²) >= 11 is 0. The van der Waals surface area contributed by atoms with Crippen molar-refractivity contribution in [3.8, 4) is 0 Å². The lowest BCUT2D eigenvalue weighted by Crippen LogP contribution is -2.28. The van der Waals surface area contributed by atoms with Crippen molar-refractivity contribution in [3.05, 3.63) is 29.8 Å². The van der Waals surface area contributed by atoms with Crippen molar-refractivity contribution in [1.82, 2.24) is 5.32 Å². The molecule has 96 valence electrons. The molecular weight excluding hydrogens is 212 g/mol. The largest absolute Gasteiger partial charge is 0.380 e. The third-order valence-corrected chi connectivity index (χ3v) is 3.02. The van der Waals surface area contributed by atoms with E-state index in [9.17, 15) is 0 Å². The first-order chi connectivity index (χ1) is 8.04. The normalized spacial score (nSPS) is 14.4. The Bertz CT molecular complexity index is 321. The Labute approximate surface area is 105 Å². The summed E-state index contributed by atoms with van der Waals surface area (Å²) in [4.78, 5) is 2.11. The smallest absolute Gasteiger partial charge is 0.0667 e. The maximum atomic E-state index is 5.22. The van der Waals surface area contributed by atoms with E-state index < -0.39 is 0 Å². The predicted molar refractivity (Wildman–Crippen MR) is 73.7 cm³/mol. The van der Waals surface area contributed by atoms with Crippen molar-refractivity contribution in [3.63, 3.8) is 0 Å². The average Bonchev–Trinajstić information content (AvgIpc) is 2.35. The second kappa shape index (κ2) is 6.62. The molecular formula is C14H24N2O. The van der Waals surface area contributed by atoms with Crippen LogP contribution in [-0.2, 0) is 4.74 Å². The zero-order valence-corrected chi connectivity index (χ0v) is 11.5. The van der Waals surface area contributed by atoms with Crippen LogP contribution in [0.5, 0.6) is 0 Å². The maximum absolute atomic E-state index is 5.22. The predicted octanol–water partition coefficient (Wildman–Crippen LogP) is 2.44. The number of nitrogens with one attached hydrogen (secondary N) is 1. The molecule has 1 N–H and O–H groups in total. The third kappa shape index (κ3) is 4.36. The van der Waals surface area contributed by atoms with Gasteiger partial charge in [0, 0.05) is 39.5 Å². The van der Waals surface area contributed by atoms with Gasteiger partial charge < -0.3 is 15.0 Å². The molecule has 0 radical (unpaired) electrons. The molecule has 1 rings (SSSR count). The molecule has 2 unspecified atom stereocenters. The molecule has 2 atom stereocenters. The second-order valence-corrected chi connectivity index (χ2v) is 4.66. The van der Waals surface area contributed by atoms with E-state index >= 15 is 0 Å². The summed E-state index contributed by atoms with van der Waals surface area (Å²) < 4.78 is 5.22. The molecule has 17 heavy (non-hydrogen) atoms. The van der Waals surface area contributed by atoms with Gasteiger partial charge in [0.15, 0.2) is 0 Å². The number of benzene rings is 1. The first-order valence-corrected chi connectivity index (χ1v) is 6.08. The van der Waals surface area contributed by atoms with Gasteiger partial charge in [-0.05, 0) is 31.5 Å². The Hall–Kier alpha value is -1.06. The molecule has 0 bridgehead atoms. The molecule has 0 fully saturated rings. The Morgan fingerprint density at radius 1 is 1.18 bits per heavy atom. The minimum Gasteiger partial charge on any atom is -0.380 e. The molecule has 0 aliphatic rings. The summed E-state index contributed by atoms with van der Waals surface area (Å²) in [5.74, 6) is 0. The topological polar surface area (TPSA) is 24.5 Å². The van der Waals surface area contributed by atoms with Gasteiger partial charge in [-0.2, -0.15) is 0 Å². The van der Waals surface area contributed by atoms with Crippen LogP contribution in [0.4, 0.5) is 5.69 Å². The van der Waals surface area contributed by atoms with E-state index in [2.05, 4.69) is 62.4 Å². The molecule has 1 aromatic carbocycles. The van der Waals surface area contributed by atoms with Crippen molar-refractivity contribution in [1.29, 1.82) is 0 Å². The number of nitrogens with zero attached hydrogens (tertiary/aromatic N) is 1. The Kier molecular flexibility index (Phi) is 5.45. The van der Waals surface area contributed by atoms with Crippen LogP contribution >= 0.6 is 0 Å². The van der Waals surface area contributed by atoms with Gasteiger partial charge in [-0.3, -0.25) is 0 Å². The van der Waals surface area contributed by atoms with Gasteiger partial charge in [0.1, 0.15) is 0 Å². The molecule has 0 aliphatic carbocycles. The molecule has 0 spiro atoms. The molecule has 0 aliphatic heterocycles. The SMILES string of the molecule is COC(C)CNC(C)c1ccc(N(C)C)cc1. The van der Waals surface area contributed by atoms with Crippen LogP contribution in [0.25, 0.3) is 0 Å². The van der Waals surface area contributed by atoms with E-state index in [1.54, 1.807) is 7.11 Å². The van der Waals surface area contributed by atoms with Gasteiger partial charge in [0.05, 0.1) is 6.10 Å². The van der Waals surface area contributed by atoms with Crippen molar-refractivity contribution < 1.29 is 4.74 Å². The van der Waals surface area contributed by atoms with Gasteiger partial charge in [-0.25, -0.2) is 0 Å². The lowest BCUT2D eigenvalue weighted by Gasteiger charge is -2.18. The summed E-state index contributed by atoms with van der Waals surface area (Å²) in [7, 11) is 5.84.